The van der Waals surface area contributed by atoms with E-state index in [0.717, 1.165) is 0 Å². The lowest BCUT2D eigenvalue weighted by atomic mass is 11.2. The Balaban J connectivity index is 2.30. The molecule has 0 saturated carbocycles. The van der Waals surface area contributed by atoms with Gasteiger partial charge in [0.25, 0.3) is 0 Å². The van der Waals surface area contributed by atoms with Crippen molar-refractivity contribution in [3.63, 3.8) is 0 Å². The molecule has 2 heteroatoms. The van der Waals surface area contributed by atoms with Crippen LogP contribution >= 0.6 is 0 Å². The van der Waals surface area contributed by atoms with Crippen LogP contribution in [0.15, 0.2) is 0 Å². The Morgan fingerprint density at radius 2 is 2.25 bits per heavy atom. The summed E-state index contributed by atoms with van der Waals surface area (Å²) in [6, 6.07) is 0. The van der Waals surface area contributed by atoms with Gasteiger partial charge in [-0.15, -0.1) is 0 Å². The minimum atomic E-state index is -0.361. The Morgan fingerprint density at radius 1 is 2.00 bits per heavy atom. The van der Waals surface area contributed by atoms with Crippen molar-refractivity contribution in [2.75, 3.05) is 6.61 Å². The molecule has 24 valence electrons. The van der Waals surface area contributed by atoms with E-state index < -0.39 is 0 Å². The zero-order valence-corrected chi connectivity index (χ0v) is 2.14. The highest BCUT2D eigenvalue weighted by atomic mass is 16.3. The molecular formula is C2H4O2. The maximum Gasteiger partial charge on any atom is 0.145 e. The van der Waals surface area contributed by atoms with E-state index in [1.165, 1.54) is 0 Å². The minimum absolute atomic E-state index is 0.361. The van der Waals surface area contributed by atoms with Crippen LogP contribution in [-0.4, -0.2) is 18.0 Å². The smallest absolute Gasteiger partial charge is 0.145 e. The molecule has 0 aromatic heterocycles. The van der Waals surface area contributed by atoms with Gasteiger partial charge in [-0.2, -0.15) is 0 Å². The summed E-state index contributed by atoms with van der Waals surface area (Å²) in [5, 5.41) is 7.51. The van der Waals surface area contributed by atoms with Crippen molar-refractivity contribution in [2.24, 2.45) is 0 Å². The quantitative estimate of drug-likeness (QED) is 0.317. The van der Waals surface area contributed by atoms with Gasteiger partial charge in [-0.25, -0.2) is 0 Å². The molecular weight excluding hydrogens is 57.0 g/mol. The van der Waals surface area contributed by atoms with E-state index >= 15 is 0 Å². The van der Waals surface area contributed by atoms with Crippen LogP contribution in [0.25, 0.3) is 0 Å². The number of hydrogen-bond donors (Lipinski definition) is 1. The first kappa shape index (κ1) is 3.63. The summed E-state index contributed by atoms with van der Waals surface area (Å²) < 4.78 is 0. The second-order valence-electron chi connectivity index (χ2n) is 0.349. The van der Waals surface area contributed by atoms with Gasteiger partial charge >= 0.3 is 0 Å². The predicted octanol–water partition coefficient (Wildman–Crippen LogP) is -0.822. The monoisotopic (exact) mass is 61.0 g/mol. The molecule has 0 amide bonds. The maximum absolute atomic E-state index is 8.92. The van der Waals surface area contributed by atoms with Crippen molar-refractivity contribution in [3.05, 3.63) is 0 Å². The van der Waals surface area contributed by atoms with E-state index in [0.29, 0.717) is 6.29 Å². The summed E-state index contributed by atoms with van der Waals surface area (Å²) in [5.74, 6) is 0. The lowest BCUT2D eigenvalue weighted by molar-refractivity contribution is -0.110. The predicted molar refractivity (Wildman–Crippen MR) is 13.1 cm³/mol. The van der Waals surface area contributed by atoms with Crippen LogP contribution < -0.4 is 0 Å². The van der Waals surface area contributed by atoms with Crippen LogP contribution in [0, 0.1) is 0 Å². The van der Waals surface area contributed by atoms with Gasteiger partial charge in [0, 0.05) is 0 Å². The van der Waals surface area contributed by atoms with Gasteiger partial charge in [0.2, 0.25) is 0 Å². The zero-order chi connectivity index (χ0) is 3.41. The third-order valence-electron chi connectivity index (χ3n) is 0.0745. The molecule has 0 saturated heterocycles. The maximum atomic E-state index is 8.92. The van der Waals surface area contributed by atoms with Crippen LogP contribution in [-0.2, 0) is 4.79 Å². The largest absolute Gasteiger partial charge is 0.389 e. The van der Waals surface area contributed by atoms with Crippen molar-refractivity contribution in [2.45, 2.75) is 0 Å². The number of rotatable bonds is 1. The molecule has 0 aromatic rings. The average molecular weight is 61.0 g/mol. The molecule has 0 aliphatic heterocycles. The fourth-order valence-corrected chi connectivity index (χ4v) is 0. The number of carbonyl (C=O) groups is 1. The van der Waals surface area contributed by atoms with E-state index in [1.54, 1.807) is 0 Å². The molecule has 0 radical (unpaired) electrons. The molecule has 0 aromatic carbocycles. The summed E-state index contributed by atoms with van der Waals surface area (Å²) >= 11 is 0. The van der Waals surface area contributed by atoms with Crippen molar-refractivity contribution in [3.8, 4) is 0 Å². The number of carbonyl (C=O) groups excluding carboxylic acids is 1. The van der Waals surface area contributed by atoms with Crippen molar-refractivity contribution in [1.82, 2.24) is 0 Å². The number of aliphatic hydroxyl groups is 1. The van der Waals surface area contributed by atoms with Crippen molar-refractivity contribution < 1.29 is 9.90 Å². The summed E-state index contributed by atoms with van der Waals surface area (Å²) in [7, 11) is 0. The van der Waals surface area contributed by atoms with E-state index in [1.807, 2.05) is 0 Å². The Morgan fingerprint density at radius 3 is 2.25 bits per heavy atom. The molecule has 4 heavy (non-hydrogen) atoms. The second-order valence-corrected chi connectivity index (χ2v) is 0.349. The van der Waals surface area contributed by atoms with Crippen LogP contribution in [0.3, 0.4) is 0 Å². The second kappa shape index (κ2) is 2.63. The highest BCUT2D eigenvalue weighted by Gasteiger charge is 1.53. The van der Waals surface area contributed by atoms with Crippen LogP contribution in [0.5, 0.6) is 0 Å². The van der Waals surface area contributed by atoms with Gasteiger partial charge < -0.3 is 9.90 Å². The Bertz CT molecular complexity index is 18.0. The molecule has 0 spiro atoms. The Hall–Kier alpha value is -0.370. The highest BCUT2D eigenvalue weighted by Crippen LogP contribution is 1.27. The molecule has 0 unspecified atom stereocenters. The fourth-order valence-electron chi connectivity index (χ4n) is 0. The summed E-state index contributed by atoms with van der Waals surface area (Å²) in [6.07, 6.45) is 0.431. The first-order chi connectivity index (χ1) is 1.91. The van der Waals surface area contributed by atoms with Crippen molar-refractivity contribution in [1.29, 1.82) is 0 Å². The van der Waals surface area contributed by atoms with E-state index in [-0.39, 0.29) is 6.61 Å². The molecule has 0 rings (SSSR count). The standard InChI is InChI=1S/C2H4O2/c3-1-2-4/h1,4H,2H2/i1+1. The van der Waals surface area contributed by atoms with Gasteiger partial charge in [0.15, 0.2) is 0 Å². The first-order valence-electron chi connectivity index (χ1n) is 0.960. The summed E-state index contributed by atoms with van der Waals surface area (Å²) in [4.78, 5) is 8.92. The molecule has 0 bridgehead atoms. The molecule has 1 N–H and O–H groups in total. The van der Waals surface area contributed by atoms with Gasteiger partial charge in [-0.05, 0) is 0 Å². The number of hydrogen-bond acceptors (Lipinski definition) is 2. The van der Waals surface area contributed by atoms with Gasteiger partial charge in [-0.3, -0.25) is 0 Å². The SMILES string of the molecule is O=[13CH]CO. The fraction of sp³-hybridized carbons (Fsp3) is 0.500. The van der Waals surface area contributed by atoms with Gasteiger partial charge in [0.05, 0.1) is 6.61 Å². The molecule has 0 heterocycles. The van der Waals surface area contributed by atoms with Crippen LogP contribution in [0.4, 0.5) is 0 Å². The minimum Gasteiger partial charge on any atom is -0.389 e. The Labute approximate surface area is 24.1 Å². The normalized spacial score (nSPS) is 6.25. The molecule has 0 aliphatic carbocycles. The van der Waals surface area contributed by atoms with E-state index in [2.05, 4.69) is 0 Å². The lowest BCUT2D eigenvalue weighted by Gasteiger charge is -1.54. The lowest BCUT2D eigenvalue weighted by Crippen LogP contribution is -1.75. The summed E-state index contributed by atoms with van der Waals surface area (Å²) in [6.45, 7) is -0.361. The van der Waals surface area contributed by atoms with Crippen LogP contribution in [0.2, 0.25) is 0 Å². The topological polar surface area (TPSA) is 37.3 Å². The third-order valence-corrected chi connectivity index (χ3v) is 0.0745. The van der Waals surface area contributed by atoms with Gasteiger partial charge in [-0.1, -0.05) is 0 Å². The first-order valence-corrected chi connectivity index (χ1v) is 0.960. The zero-order valence-electron chi connectivity index (χ0n) is 2.14. The van der Waals surface area contributed by atoms with Crippen molar-refractivity contribution >= 4 is 6.29 Å². The molecule has 0 aliphatic rings. The average Bonchev–Trinajstić information content (AvgIpc) is 1.37. The number of aliphatic hydroxyl groups excluding tert-OH is 1. The van der Waals surface area contributed by atoms with Gasteiger partial charge in [0.1, 0.15) is 6.29 Å². The van der Waals surface area contributed by atoms with E-state index in [4.69, 9.17) is 9.90 Å². The molecule has 0 atom stereocenters. The Kier molecular flexibility index (Phi) is 2.39. The molecule has 2 nitrogen and oxygen atoms in total. The number of aldehydes is 1. The third kappa shape index (κ3) is 1.63. The summed E-state index contributed by atoms with van der Waals surface area (Å²) in [5.41, 5.74) is 0. The van der Waals surface area contributed by atoms with E-state index in [9.17, 15) is 0 Å². The molecule has 0 fully saturated rings. The van der Waals surface area contributed by atoms with Crippen LogP contribution in [0.1, 0.15) is 0 Å². The highest BCUT2D eigenvalue weighted by molar-refractivity contribution is 5.49.